The maximum atomic E-state index is 12.8. The van der Waals surface area contributed by atoms with Crippen molar-refractivity contribution in [2.24, 2.45) is 0 Å². The molecule has 3 aromatic rings. The molecule has 2 aromatic carbocycles. The van der Waals surface area contributed by atoms with Crippen molar-refractivity contribution < 1.29 is 4.79 Å². The Balaban J connectivity index is 1.53. The van der Waals surface area contributed by atoms with Crippen molar-refractivity contribution in [1.29, 1.82) is 0 Å². The predicted octanol–water partition coefficient (Wildman–Crippen LogP) is 4.38. The summed E-state index contributed by atoms with van der Waals surface area (Å²) in [5.41, 5.74) is 5.60. The highest BCUT2D eigenvalue weighted by molar-refractivity contribution is 5.82. The second-order valence-electron chi connectivity index (χ2n) is 7.23. The van der Waals surface area contributed by atoms with E-state index in [-0.39, 0.29) is 12.1 Å². The lowest BCUT2D eigenvalue weighted by atomic mass is 10.0. The maximum Gasteiger partial charge on any atom is 0.318 e. The van der Waals surface area contributed by atoms with Crippen LogP contribution in [-0.4, -0.2) is 27.8 Å². The number of nitrogens with zero attached hydrogens (tertiary/aromatic N) is 3. The fourth-order valence-corrected chi connectivity index (χ4v) is 3.71. The lowest BCUT2D eigenvalue weighted by molar-refractivity contribution is 0.198. The lowest BCUT2D eigenvalue weighted by Crippen LogP contribution is -2.39. The quantitative estimate of drug-likeness (QED) is 0.751. The summed E-state index contributed by atoms with van der Waals surface area (Å²) in [7, 11) is 1.85. The topological polar surface area (TPSA) is 50.2 Å². The van der Waals surface area contributed by atoms with E-state index in [1.165, 1.54) is 22.3 Å². The summed E-state index contributed by atoms with van der Waals surface area (Å²) in [6.07, 6.45) is 1.94. The molecule has 27 heavy (non-hydrogen) atoms. The molecule has 138 valence electrons. The molecule has 0 bridgehead atoms. The Kier molecular flexibility index (Phi) is 4.44. The van der Waals surface area contributed by atoms with Gasteiger partial charge in [-0.2, -0.15) is 5.10 Å². The summed E-state index contributed by atoms with van der Waals surface area (Å²) < 4.78 is 1.90. The normalized spacial score (nSPS) is 12.7. The standard InChI is InChI=1S/C22H24N4O/c1-15(2)26-13-12-16(24-26)14-23-22(27)25(3)21-19-10-6-4-8-17(19)18-9-5-7-11-20(18)21/h4-13,15,21H,14H2,1-3H3,(H,23,27). The van der Waals surface area contributed by atoms with Gasteiger partial charge in [0, 0.05) is 19.3 Å². The molecule has 0 atom stereocenters. The number of carbonyl (C=O) groups is 1. The van der Waals surface area contributed by atoms with Crippen LogP contribution in [0.4, 0.5) is 4.79 Å². The van der Waals surface area contributed by atoms with Crippen molar-refractivity contribution >= 4 is 6.03 Å². The van der Waals surface area contributed by atoms with Crippen molar-refractivity contribution in [2.75, 3.05) is 7.05 Å². The minimum atomic E-state index is -0.106. The molecule has 1 aromatic heterocycles. The Morgan fingerprint density at radius 3 is 2.22 bits per heavy atom. The van der Waals surface area contributed by atoms with E-state index in [1.54, 1.807) is 4.90 Å². The molecule has 5 nitrogen and oxygen atoms in total. The van der Waals surface area contributed by atoms with Crippen LogP contribution in [0.3, 0.4) is 0 Å². The SMILES string of the molecule is CC(C)n1ccc(CNC(=O)N(C)C2c3ccccc3-c3ccccc32)n1. The van der Waals surface area contributed by atoms with Gasteiger partial charge in [0.1, 0.15) is 0 Å². The molecule has 0 fully saturated rings. The van der Waals surface area contributed by atoms with Gasteiger partial charge >= 0.3 is 6.03 Å². The molecule has 4 rings (SSSR count). The third kappa shape index (κ3) is 3.10. The summed E-state index contributed by atoms with van der Waals surface area (Å²) in [5, 5.41) is 7.49. The van der Waals surface area contributed by atoms with Crippen molar-refractivity contribution in [1.82, 2.24) is 20.0 Å². The third-order valence-electron chi connectivity index (χ3n) is 5.12. The molecule has 1 heterocycles. The van der Waals surface area contributed by atoms with Crippen LogP contribution < -0.4 is 5.32 Å². The van der Waals surface area contributed by atoms with E-state index in [0.717, 1.165) is 5.69 Å². The highest BCUT2D eigenvalue weighted by Crippen LogP contribution is 2.45. The van der Waals surface area contributed by atoms with Gasteiger partial charge < -0.3 is 10.2 Å². The molecule has 0 radical (unpaired) electrons. The molecule has 0 unspecified atom stereocenters. The number of urea groups is 1. The number of fused-ring (bicyclic) bond motifs is 3. The van der Waals surface area contributed by atoms with Crippen molar-refractivity contribution in [3.05, 3.63) is 77.6 Å². The van der Waals surface area contributed by atoms with E-state index in [2.05, 4.69) is 48.5 Å². The van der Waals surface area contributed by atoms with E-state index >= 15 is 0 Å². The van der Waals surface area contributed by atoms with Gasteiger partial charge in [-0.15, -0.1) is 0 Å². The number of hydrogen-bond acceptors (Lipinski definition) is 2. The van der Waals surface area contributed by atoms with Crippen LogP contribution in [0.15, 0.2) is 60.8 Å². The minimum absolute atomic E-state index is 0.0781. The van der Waals surface area contributed by atoms with Gasteiger partial charge in [0.25, 0.3) is 0 Å². The van der Waals surface area contributed by atoms with Crippen LogP contribution >= 0.6 is 0 Å². The van der Waals surface area contributed by atoms with Gasteiger partial charge in [-0.05, 0) is 42.2 Å². The smallest absolute Gasteiger partial charge is 0.318 e. The molecule has 1 N–H and O–H groups in total. The van der Waals surface area contributed by atoms with E-state index in [9.17, 15) is 4.79 Å². The average molecular weight is 360 g/mol. The van der Waals surface area contributed by atoms with Crippen LogP contribution in [0, 0.1) is 0 Å². The van der Waals surface area contributed by atoms with E-state index < -0.39 is 0 Å². The van der Waals surface area contributed by atoms with E-state index in [1.807, 2.05) is 48.3 Å². The van der Waals surface area contributed by atoms with Crippen LogP contribution in [0.1, 0.15) is 42.8 Å². The monoisotopic (exact) mass is 360 g/mol. The molecule has 0 aliphatic heterocycles. The summed E-state index contributed by atoms with van der Waals surface area (Å²) in [6.45, 7) is 4.58. The molecule has 1 aliphatic carbocycles. The van der Waals surface area contributed by atoms with E-state index in [0.29, 0.717) is 12.6 Å². The number of aromatic nitrogens is 2. The first kappa shape index (κ1) is 17.3. The average Bonchev–Trinajstić information content (AvgIpc) is 3.28. The van der Waals surface area contributed by atoms with Crippen LogP contribution in [0.25, 0.3) is 11.1 Å². The van der Waals surface area contributed by atoms with Crippen LogP contribution in [-0.2, 0) is 6.54 Å². The maximum absolute atomic E-state index is 12.8. The Morgan fingerprint density at radius 1 is 1.07 bits per heavy atom. The summed E-state index contributed by atoms with van der Waals surface area (Å²) in [4.78, 5) is 14.6. The number of rotatable bonds is 4. The fraction of sp³-hybridized carbons (Fsp3) is 0.273. The van der Waals surface area contributed by atoms with Crippen molar-refractivity contribution in [2.45, 2.75) is 32.5 Å². The van der Waals surface area contributed by atoms with Gasteiger partial charge in [-0.25, -0.2) is 4.79 Å². The summed E-state index contributed by atoms with van der Waals surface area (Å²) in [5.74, 6) is 0. The van der Waals surface area contributed by atoms with Crippen LogP contribution in [0.2, 0.25) is 0 Å². The Morgan fingerprint density at radius 2 is 1.67 bits per heavy atom. The Bertz CT molecular complexity index is 930. The first-order chi connectivity index (χ1) is 13.1. The number of benzene rings is 2. The zero-order chi connectivity index (χ0) is 19.0. The number of nitrogens with one attached hydrogen (secondary N) is 1. The zero-order valence-electron chi connectivity index (χ0n) is 15.9. The van der Waals surface area contributed by atoms with Gasteiger partial charge in [0.05, 0.1) is 18.3 Å². The second-order valence-corrected chi connectivity index (χ2v) is 7.23. The zero-order valence-corrected chi connectivity index (χ0v) is 15.9. The van der Waals surface area contributed by atoms with Gasteiger partial charge in [-0.3, -0.25) is 4.68 Å². The Hall–Kier alpha value is -3.08. The largest absolute Gasteiger partial charge is 0.332 e. The van der Waals surface area contributed by atoms with Crippen LogP contribution in [0.5, 0.6) is 0 Å². The third-order valence-corrected chi connectivity index (χ3v) is 5.12. The molecular weight excluding hydrogens is 336 g/mol. The summed E-state index contributed by atoms with van der Waals surface area (Å²) >= 11 is 0. The minimum Gasteiger partial charge on any atom is -0.332 e. The Labute approximate surface area is 159 Å². The highest BCUT2D eigenvalue weighted by Gasteiger charge is 2.33. The molecule has 2 amide bonds. The number of carbonyl (C=O) groups excluding carboxylic acids is 1. The van der Waals surface area contributed by atoms with Crippen molar-refractivity contribution in [3.8, 4) is 11.1 Å². The molecule has 5 heteroatoms. The molecule has 0 spiro atoms. The van der Waals surface area contributed by atoms with Gasteiger partial charge in [-0.1, -0.05) is 48.5 Å². The van der Waals surface area contributed by atoms with E-state index in [4.69, 9.17) is 0 Å². The fourth-order valence-electron chi connectivity index (χ4n) is 3.71. The van der Waals surface area contributed by atoms with Gasteiger partial charge in [0.15, 0.2) is 0 Å². The van der Waals surface area contributed by atoms with Gasteiger partial charge in [0.2, 0.25) is 0 Å². The summed E-state index contributed by atoms with van der Waals surface area (Å²) in [6, 6.07) is 18.7. The molecular formula is C22H24N4O. The number of hydrogen-bond donors (Lipinski definition) is 1. The molecule has 0 saturated carbocycles. The first-order valence-electron chi connectivity index (χ1n) is 9.29. The molecule has 0 saturated heterocycles. The number of amides is 2. The molecule has 1 aliphatic rings. The predicted molar refractivity (Wildman–Crippen MR) is 106 cm³/mol. The van der Waals surface area contributed by atoms with Crippen molar-refractivity contribution in [3.63, 3.8) is 0 Å². The second kappa shape index (κ2) is 6.91. The highest BCUT2D eigenvalue weighted by atomic mass is 16.2. The lowest BCUT2D eigenvalue weighted by Gasteiger charge is -2.26. The first-order valence-corrected chi connectivity index (χ1v) is 9.29.